The molecule has 6 heteroatoms. The van der Waals surface area contributed by atoms with Crippen molar-refractivity contribution in [1.82, 2.24) is 25.0 Å². The lowest BCUT2D eigenvalue weighted by molar-refractivity contribution is 0.731. The van der Waals surface area contributed by atoms with Gasteiger partial charge in [0.05, 0.1) is 35.0 Å². The molecule has 0 spiro atoms. The number of nitrogens with one attached hydrogen (secondary N) is 2. The van der Waals surface area contributed by atoms with Crippen LogP contribution in [-0.4, -0.2) is 21.4 Å². The molecule has 0 saturated heterocycles. The first-order chi connectivity index (χ1) is 20.3. The van der Waals surface area contributed by atoms with Gasteiger partial charge in [0, 0.05) is 31.4 Å². The summed E-state index contributed by atoms with van der Waals surface area (Å²) in [5.74, 6) is 0.853. The zero-order chi connectivity index (χ0) is 31.0. The molecule has 1 atom stereocenters. The number of imidazole rings is 1. The fourth-order valence-corrected chi connectivity index (χ4v) is 4.87. The Morgan fingerprint density at radius 1 is 0.907 bits per heavy atom. The summed E-state index contributed by atoms with van der Waals surface area (Å²) >= 11 is 0. The summed E-state index contributed by atoms with van der Waals surface area (Å²) in [5.41, 5.74) is 11.1. The molecule has 0 fully saturated rings. The summed E-state index contributed by atoms with van der Waals surface area (Å²) in [5, 5.41) is 6.93. The highest BCUT2D eigenvalue weighted by atomic mass is 15.2. The van der Waals surface area contributed by atoms with Crippen LogP contribution in [-0.2, 0) is 13.1 Å². The maximum absolute atomic E-state index is 4.80. The highest BCUT2D eigenvalue weighted by Gasteiger charge is 2.28. The number of fused-ring (bicyclic) bond motifs is 2. The number of hydrogen-bond donors (Lipinski definition) is 2. The van der Waals surface area contributed by atoms with Crippen LogP contribution in [0.5, 0.6) is 0 Å². The molecule has 228 valence electrons. The van der Waals surface area contributed by atoms with Crippen LogP contribution < -0.4 is 15.5 Å². The summed E-state index contributed by atoms with van der Waals surface area (Å²) in [7, 11) is 2.10. The number of likely N-dealkylation sites (N-methyl/N-ethyl adjacent to an activating group) is 1. The lowest BCUT2D eigenvalue weighted by Gasteiger charge is -2.40. The normalized spacial score (nSPS) is 12.6. The van der Waals surface area contributed by atoms with Gasteiger partial charge in [-0.2, -0.15) is 0 Å². The van der Waals surface area contributed by atoms with Crippen molar-refractivity contribution in [2.24, 2.45) is 0 Å². The molecular weight excluding hydrogens is 528 g/mol. The van der Waals surface area contributed by atoms with Crippen molar-refractivity contribution in [3.05, 3.63) is 127 Å². The Bertz CT molecular complexity index is 1570. The van der Waals surface area contributed by atoms with E-state index < -0.39 is 0 Å². The highest BCUT2D eigenvalue weighted by Crippen LogP contribution is 2.42. The van der Waals surface area contributed by atoms with Gasteiger partial charge in [0.25, 0.3) is 0 Å². The number of hydrogen-bond acceptors (Lipinski definition) is 5. The van der Waals surface area contributed by atoms with Crippen LogP contribution in [0.1, 0.15) is 87.6 Å². The van der Waals surface area contributed by atoms with E-state index in [9.17, 15) is 0 Å². The Labute approximate surface area is 259 Å². The zero-order valence-corrected chi connectivity index (χ0v) is 26.4. The minimum absolute atomic E-state index is 0. The number of allylic oxidation sites excluding steroid dienone is 1. The second-order valence-corrected chi connectivity index (χ2v) is 9.85. The highest BCUT2D eigenvalue weighted by molar-refractivity contribution is 5.70. The van der Waals surface area contributed by atoms with E-state index in [4.69, 9.17) is 4.98 Å². The molecule has 0 amide bonds. The average molecular weight is 579 g/mol. The Morgan fingerprint density at radius 3 is 2.14 bits per heavy atom. The summed E-state index contributed by atoms with van der Waals surface area (Å²) in [6.07, 6.45) is 3.76. The molecule has 0 saturated carbocycles. The zero-order valence-electron chi connectivity index (χ0n) is 26.4. The number of nitrogens with zero attached hydrogens (tertiary/aromatic N) is 4. The quantitative estimate of drug-likeness (QED) is 0.184. The van der Waals surface area contributed by atoms with Crippen LogP contribution >= 0.6 is 0 Å². The van der Waals surface area contributed by atoms with E-state index in [0.717, 1.165) is 51.0 Å². The van der Waals surface area contributed by atoms with E-state index in [1.54, 1.807) is 6.20 Å². The Balaban J connectivity index is 0.00000124. The van der Waals surface area contributed by atoms with Gasteiger partial charge in [-0.1, -0.05) is 103 Å². The van der Waals surface area contributed by atoms with Gasteiger partial charge in [0.2, 0.25) is 0 Å². The predicted molar refractivity (Wildman–Crippen MR) is 188 cm³/mol. The van der Waals surface area contributed by atoms with Crippen molar-refractivity contribution in [1.29, 1.82) is 0 Å². The minimum atomic E-state index is 0. The first-order valence-electron chi connectivity index (χ1n) is 14.7. The second kappa shape index (κ2) is 15.6. The van der Waals surface area contributed by atoms with Gasteiger partial charge >= 0.3 is 0 Å². The molecule has 2 aromatic carbocycles. The van der Waals surface area contributed by atoms with E-state index in [0.29, 0.717) is 19.1 Å². The monoisotopic (exact) mass is 578 g/mol. The van der Waals surface area contributed by atoms with Gasteiger partial charge in [-0.15, -0.1) is 6.58 Å². The predicted octanol–water partition coefficient (Wildman–Crippen LogP) is 8.96. The molecule has 43 heavy (non-hydrogen) atoms. The summed E-state index contributed by atoms with van der Waals surface area (Å²) < 4.78 is 2.02. The van der Waals surface area contributed by atoms with Gasteiger partial charge in [0.15, 0.2) is 5.65 Å². The smallest absolute Gasteiger partial charge is 0.157 e. The second-order valence-electron chi connectivity index (χ2n) is 9.85. The largest absolute Gasteiger partial charge is 0.380 e. The SMILES string of the molecule is C.C=CC1c2ccc(CNC(=C)c3cc(C(=C)NCc4ccc(C(=C)C)cc4)nc4cnc(C)n34)cc2N1C.CC.CC. The maximum atomic E-state index is 4.80. The Morgan fingerprint density at radius 2 is 1.51 bits per heavy atom. The van der Waals surface area contributed by atoms with E-state index >= 15 is 0 Å². The first kappa shape index (κ1) is 34.6. The molecule has 0 radical (unpaired) electrons. The summed E-state index contributed by atoms with van der Waals surface area (Å²) in [4.78, 5) is 11.5. The third-order valence-electron chi connectivity index (χ3n) is 7.18. The minimum Gasteiger partial charge on any atom is -0.380 e. The van der Waals surface area contributed by atoms with Crippen LogP contribution in [0.25, 0.3) is 22.6 Å². The molecule has 1 aliphatic rings. The van der Waals surface area contributed by atoms with E-state index in [2.05, 4.69) is 96.3 Å². The molecule has 1 unspecified atom stereocenters. The van der Waals surface area contributed by atoms with Crippen LogP contribution in [0.3, 0.4) is 0 Å². The molecule has 0 bridgehead atoms. The fraction of sp³-hybridized carbons (Fsp3) is 0.297. The number of rotatable bonds is 10. The van der Waals surface area contributed by atoms with Crippen LogP contribution in [0.4, 0.5) is 5.69 Å². The van der Waals surface area contributed by atoms with Crippen molar-refractivity contribution < 1.29 is 0 Å². The van der Waals surface area contributed by atoms with Gasteiger partial charge in [0.1, 0.15) is 5.82 Å². The van der Waals surface area contributed by atoms with Crippen molar-refractivity contribution in [2.75, 3.05) is 11.9 Å². The molecule has 1 aliphatic heterocycles. The average Bonchev–Trinajstić information content (AvgIpc) is 3.40. The summed E-state index contributed by atoms with van der Waals surface area (Å²) in [6.45, 7) is 29.8. The molecule has 5 rings (SSSR count). The third-order valence-corrected chi connectivity index (χ3v) is 7.18. The summed E-state index contributed by atoms with van der Waals surface area (Å²) in [6, 6.07) is 17.3. The van der Waals surface area contributed by atoms with E-state index in [-0.39, 0.29) is 7.43 Å². The van der Waals surface area contributed by atoms with Crippen molar-refractivity contribution in [2.45, 2.75) is 68.1 Å². The molecule has 2 aromatic heterocycles. The fourth-order valence-electron chi connectivity index (χ4n) is 4.87. The van der Waals surface area contributed by atoms with Gasteiger partial charge in [-0.3, -0.25) is 4.40 Å². The van der Waals surface area contributed by atoms with Crippen LogP contribution in [0.15, 0.2) is 87.1 Å². The number of aromatic nitrogens is 3. The standard InChI is InChI=1S/C32H34N6.2C2H6.CH4/c1-8-29-27-14-11-25(15-31(27)37(29)7)18-34-22(5)30-16-28(36-32-19-35-23(6)38(30)32)21(4)33-17-24-9-12-26(13-10-24)20(2)3;2*1-2;/h8-16,19,29,33-34H,1-2,4-5,17-18H2,3,6-7H3;2*1-2H3;1H4. The van der Waals surface area contributed by atoms with Crippen molar-refractivity contribution in [3.63, 3.8) is 0 Å². The molecular formula is C37H50N6. The van der Waals surface area contributed by atoms with E-state index in [1.165, 1.54) is 16.8 Å². The lowest BCUT2D eigenvalue weighted by Crippen LogP contribution is -2.33. The molecule has 0 aliphatic carbocycles. The third kappa shape index (κ3) is 7.44. The molecule has 3 heterocycles. The van der Waals surface area contributed by atoms with Crippen LogP contribution in [0, 0.1) is 6.92 Å². The first-order valence-corrected chi connectivity index (χ1v) is 14.7. The maximum Gasteiger partial charge on any atom is 0.157 e. The number of anilines is 1. The van der Waals surface area contributed by atoms with Crippen LogP contribution in [0.2, 0.25) is 0 Å². The van der Waals surface area contributed by atoms with Crippen molar-refractivity contribution >= 4 is 28.3 Å². The molecule has 4 aromatic rings. The van der Waals surface area contributed by atoms with Gasteiger partial charge < -0.3 is 15.5 Å². The topological polar surface area (TPSA) is 57.5 Å². The van der Waals surface area contributed by atoms with Gasteiger partial charge in [-0.05, 0) is 42.7 Å². The van der Waals surface area contributed by atoms with Crippen molar-refractivity contribution in [3.8, 4) is 0 Å². The number of aryl methyl sites for hydroxylation is 1. The number of benzene rings is 2. The lowest BCUT2D eigenvalue weighted by atomic mass is 9.92. The molecule has 6 nitrogen and oxygen atoms in total. The Hall–Kier alpha value is -4.58. The van der Waals surface area contributed by atoms with Gasteiger partial charge in [-0.25, -0.2) is 9.97 Å². The van der Waals surface area contributed by atoms with E-state index in [1.807, 2.05) is 58.1 Å². The molecule has 2 N–H and O–H groups in total. The Kier molecular flexibility index (Phi) is 12.6.